The molecule has 2 bridgehead atoms. The van der Waals surface area contributed by atoms with Crippen molar-refractivity contribution in [3.63, 3.8) is 0 Å². The van der Waals surface area contributed by atoms with E-state index >= 15 is 0 Å². The average molecular weight is 315 g/mol. The monoisotopic (exact) mass is 315 g/mol. The van der Waals surface area contributed by atoms with Crippen molar-refractivity contribution in [1.29, 1.82) is 0 Å². The largest absolute Gasteiger partial charge is 0.352 e. The fourth-order valence-electron chi connectivity index (χ4n) is 3.75. The molecule has 116 valence electrons. The van der Waals surface area contributed by atoms with E-state index in [1.165, 1.54) is 36.0 Å². The third-order valence-corrected chi connectivity index (χ3v) is 5.77. The SMILES string of the molecule is O=C(Cc1cc2ccsc2cn1)NC1CC2CCN(CC2)C1. The molecular weight excluding hydrogens is 294 g/mol. The van der Waals surface area contributed by atoms with Gasteiger partial charge in [0.1, 0.15) is 0 Å². The lowest BCUT2D eigenvalue weighted by Gasteiger charge is -2.26. The van der Waals surface area contributed by atoms with E-state index in [4.69, 9.17) is 0 Å². The summed E-state index contributed by atoms with van der Waals surface area (Å²) in [6, 6.07) is 4.43. The lowest BCUT2D eigenvalue weighted by atomic mass is 9.94. The Balaban J connectivity index is 1.39. The minimum Gasteiger partial charge on any atom is -0.352 e. The number of rotatable bonds is 3. The molecule has 1 amide bonds. The standard InChI is InChI=1S/C17H21N3OS/c21-17(9-14-8-13-3-6-22-16(13)10-18-14)19-15-7-12-1-4-20(11-15)5-2-12/h3,6,8,10,12,15H,1-2,4-5,7,9,11H2,(H,19,21). The van der Waals surface area contributed by atoms with Gasteiger partial charge in [0.15, 0.2) is 0 Å². The van der Waals surface area contributed by atoms with Crippen LogP contribution in [0.2, 0.25) is 0 Å². The van der Waals surface area contributed by atoms with Crippen molar-refractivity contribution in [1.82, 2.24) is 15.2 Å². The Kier molecular flexibility index (Phi) is 3.84. The van der Waals surface area contributed by atoms with E-state index < -0.39 is 0 Å². The minimum atomic E-state index is 0.106. The smallest absolute Gasteiger partial charge is 0.226 e. The summed E-state index contributed by atoms with van der Waals surface area (Å²) in [5, 5.41) is 6.48. The molecule has 0 radical (unpaired) electrons. The topological polar surface area (TPSA) is 45.2 Å². The van der Waals surface area contributed by atoms with Crippen LogP contribution in [0.5, 0.6) is 0 Å². The lowest BCUT2D eigenvalue weighted by Crippen LogP contribution is -2.42. The average Bonchev–Trinajstić information content (AvgIpc) is 2.78. The van der Waals surface area contributed by atoms with Gasteiger partial charge in [-0.1, -0.05) is 0 Å². The summed E-state index contributed by atoms with van der Waals surface area (Å²) in [6.45, 7) is 3.42. The first-order valence-corrected chi connectivity index (χ1v) is 8.98. The van der Waals surface area contributed by atoms with E-state index in [1.54, 1.807) is 11.3 Å². The number of piperidine rings is 1. The molecule has 2 aromatic heterocycles. The molecule has 1 unspecified atom stereocenters. The van der Waals surface area contributed by atoms with Crippen LogP contribution in [0.15, 0.2) is 23.7 Å². The van der Waals surface area contributed by atoms with Crippen LogP contribution in [0.4, 0.5) is 0 Å². The van der Waals surface area contributed by atoms with Gasteiger partial charge in [-0.3, -0.25) is 9.78 Å². The first-order valence-electron chi connectivity index (χ1n) is 8.10. The molecule has 3 aliphatic heterocycles. The summed E-state index contributed by atoms with van der Waals surface area (Å²) in [6.07, 6.45) is 5.98. The maximum atomic E-state index is 12.3. The normalized spacial score (nSPS) is 27.7. The van der Waals surface area contributed by atoms with Crippen LogP contribution in [0.3, 0.4) is 0 Å². The maximum absolute atomic E-state index is 12.3. The van der Waals surface area contributed by atoms with E-state index in [2.05, 4.69) is 26.6 Å². The van der Waals surface area contributed by atoms with Crippen LogP contribution >= 0.6 is 11.3 Å². The molecule has 0 aliphatic carbocycles. The number of hydrogen-bond acceptors (Lipinski definition) is 4. The number of hydrogen-bond donors (Lipinski definition) is 1. The third kappa shape index (κ3) is 3.01. The molecule has 4 nitrogen and oxygen atoms in total. The van der Waals surface area contributed by atoms with E-state index in [0.717, 1.165) is 24.6 Å². The number of thiophene rings is 1. The van der Waals surface area contributed by atoms with Gasteiger partial charge in [-0.2, -0.15) is 0 Å². The van der Waals surface area contributed by atoms with E-state index in [1.807, 2.05) is 12.3 Å². The fourth-order valence-corrected chi connectivity index (χ4v) is 4.49. The predicted molar refractivity (Wildman–Crippen MR) is 89.0 cm³/mol. The molecule has 22 heavy (non-hydrogen) atoms. The minimum absolute atomic E-state index is 0.106. The number of fused-ring (bicyclic) bond motifs is 5. The van der Waals surface area contributed by atoms with Crippen molar-refractivity contribution in [3.8, 4) is 0 Å². The van der Waals surface area contributed by atoms with Crippen LogP contribution in [0, 0.1) is 5.92 Å². The molecule has 3 aliphatic rings. The molecule has 5 rings (SSSR count). The number of nitrogens with zero attached hydrogens (tertiary/aromatic N) is 2. The van der Waals surface area contributed by atoms with Crippen LogP contribution in [-0.4, -0.2) is 41.5 Å². The summed E-state index contributed by atoms with van der Waals surface area (Å²) in [5.41, 5.74) is 0.861. The van der Waals surface area contributed by atoms with Gasteiger partial charge in [-0.25, -0.2) is 0 Å². The Morgan fingerprint density at radius 2 is 2.27 bits per heavy atom. The summed E-state index contributed by atoms with van der Waals surface area (Å²) in [4.78, 5) is 19.2. The Hall–Kier alpha value is -1.46. The van der Waals surface area contributed by atoms with Gasteiger partial charge < -0.3 is 10.2 Å². The van der Waals surface area contributed by atoms with Crippen molar-refractivity contribution >= 4 is 27.3 Å². The van der Waals surface area contributed by atoms with Gasteiger partial charge in [-0.05, 0) is 61.2 Å². The lowest BCUT2D eigenvalue weighted by molar-refractivity contribution is -0.121. The van der Waals surface area contributed by atoms with Crippen LogP contribution in [-0.2, 0) is 11.2 Å². The second-order valence-corrected chi connectivity index (χ2v) is 7.50. The van der Waals surface area contributed by atoms with Crippen molar-refractivity contribution in [2.75, 3.05) is 19.6 Å². The van der Waals surface area contributed by atoms with Gasteiger partial charge in [0.05, 0.1) is 16.8 Å². The number of nitrogens with one attached hydrogen (secondary N) is 1. The Labute approximate surface area is 134 Å². The van der Waals surface area contributed by atoms with Crippen LogP contribution in [0.1, 0.15) is 25.0 Å². The molecule has 3 fully saturated rings. The van der Waals surface area contributed by atoms with Crippen molar-refractivity contribution in [3.05, 3.63) is 29.4 Å². The molecule has 3 saturated heterocycles. The van der Waals surface area contributed by atoms with E-state index in [-0.39, 0.29) is 5.91 Å². The van der Waals surface area contributed by atoms with Gasteiger partial charge in [0, 0.05) is 18.8 Å². The molecule has 0 saturated carbocycles. The summed E-state index contributed by atoms with van der Waals surface area (Å²) in [7, 11) is 0. The first kappa shape index (κ1) is 14.2. The fraction of sp³-hybridized carbons (Fsp3) is 0.529. The highest BCUT2D eigenvalue weighted by Crippen LogP contribution is 2.26. The Morgan fingerprint density at radius 1 is 1.41 bits per heavy atom. The first-order chi connectivity index (χ1) is 10.8. The molecule has 1 N–H and O–H groups in total. The number of carbonyl (C=O) groups is 1. The molecule has 5 heterocycles. The number of amides is 1. The highest BCUT2D eigenvalue weighted by molar-refractivity contribution is 7.17. The van der Waals surface area contributed by atoms with E-state index in [0.29, 0.717) is 12.5 Å². The second kappa shape index (κ2) is 5.97. The van der Waals surface area contributed by atoms with Crippen molar-refractivity contribution in [2.24, 2.45) is 5.92 Å². The summed E-state index contributed by atoms with van der Waals surface area (Å²) in [5.74, 6) is 0.902. The summed E-state index contributed by atoms with van der Waals surface area (Å²) >= 11 is 1.68. The van der Waals surface area contributed by atoms with Gasteiger partial charge >= 0.3 is 0 Å². The maximum Gasteiger partial charge on any atom is 0.226 e. The van der Waals surface area contributed by atoms with Crippen LogP contribution in [0.25, 0.3) is 10.1 Å². The van der Waals surface area contributed by atoms with Crippen LogP contribution < -0.4 is 5.32 Å². The zero-order valence-electron chi connectivity index (χ0n) is 12.6. The molecular formula is C17H21N3OS. The zero-order valence-corrected chi connectivity index (χ0v) is 13.4. The molecule has 0 spiro atoms. The van der Waals surface area contributed by atoms with E-state index in [9.17, 15) is 4.79 Å². The predicted octanol–water partition coefficient (Wildman–Crippen LogP) is 2.44. The number of carbonyl (C=O) groups excluding carboxylic acids is 1. The Morgan fingerprint density at radius 3 is 3.14 bits per heavy atom. The van der Waals surface area contributed by atoms with Gasteiger partial charge in [0.2, 0.25) is 5.91 Å². The zero-order chi connectivity index (χ0) is 14.9. The Bertz CT molecular complexity index is 661. The third-order valence-electron chi connectivity index (χ3n) is 4.91. The van der Waals surface area contributed by atoms with Gasteiger partial charge in [-0.15, -0.1) is 11.3 Å². The highest BCUT2D eigenvalue weighted by atomic mass is 32.1. The molecule has 0 aromatic carbocycles. The molecule has 2 aromatic rings. The summed E-state index contributed by atoms with van der Waals surface area (Å²) < 4.78 is 1.18. The highest BCUT2D eigenvalue weighted by Gasteiger charge is 2.29. The molecule has 5 heteroatoms. The van der Waals surface area contributed by atoms with Crippen molar-refractivity contribution < 1.29 is 4.79 Å². The number of aromatic nitrogens is 1. The quantitative estimate of drug-likeness (QED) is 0.946. The second-order valence-electron chi connectivity index (χ2n) is 6.55. The molecule has 1 atom stereocenters. The number of pyridine rings is 1. The van der Waals surface area contributed by atoms with Gasteiger partial charge in [0.25, 0.3) is 0 Å². The van der Waals surface area contributed by atoms with Crippen molar-refractivity contribution in [2.45, 2.75) is 31.7 Å².